The van der Waals surface area contributed by atoms with Gasteiger partial charge in [0.25, 0.3) is 8.32 Å². The van der Waals surface area contributed by atoms with Crippen LogP contribution in [0.4, 0.5) is 0 Å². The molecule has 9 fully saturated rings. The molecule has 0 spiro atoms. The van der Waals surface area contributed by atoms with Crippen LogP contribution in [0, 0.1) is 5.92 Å². The van der Waals surface area contributed by atoms with Crippen LogP contribution in [0.1, 0.15) is 187 Å². The molecule has 22 atom stereocenters. The van der Waals surface area contributed by atoms with Gasteiger partial charge in [0.1, 0.15) is 11.7 Å². The Labute approximate surface area is 590 Å². The quantitative estimate of drug-likeness (QED) is 0.0609. The normalized spacial score (nSPS) is 42.0. The lowest BCUT2D eigenvalue weighted by Gasteiger charge is -2.60. The monoisotopic (exact) mass is 1420 g/mol. The second kappa shape index (κ2) is 28.0. The van der Waals surface area contributed by atoms with E-state index in [1.165, 1.54) is 15.9 Å². The maximum absolute atomic E-state index is 7.70. The fourth-order valence-electron chi connectivity index (χ4n) is 18.6. The first-order valence-corrected chi connectivity index (χ1v) is 47.6. The minimum atomic E-state index is -2.71. The molecule has 13 nitrogen and oxygen atoms in total. The smallest absolute Gasteiger partial charge is 0.261 e. The molecule has 0 saturated carbocycles. The van der Waals surface area contributed by atoms with E-state index in [0.717, 1.165) is 88.6 Å². The predicted octanol–water partition coefficient (Wildman–Crippen LogP) is 15.8. The number of benzene rings is 2. The van der Waals surface area contributed by atoms with Gasteiger partial charge in [-0.15, -0.1) is 23.5 Å². The average Bonchev–Trinajstić information content (AvgIpc) is 1.05. The van der Waals surface area contributed by atoms with Crippen LogP contribution in [-0.4, -0.2) is 179 Å². The lowest BCUT2D eigenvalue weighted by Crippen LogP contribution is -2.70. The summed E-state index contributed by atoms with van der Waals surface area (Å²) in [7, 11) is -7.08. The van der Waals surface area contributed by atoms with Crippen molar-refractivity contribution in [2.75, 3.05) is 24.7 Å². The Morgan fingerprint density at radius 2 is 1.27 bits per heavy atom. The van der Waals surface area contributed by atoms with Gasteiger partial charge in [-0.2, -0.15) is 0 Å². The Hall–Kier alpha value is -1.25. The van der Waals surface area contributed by atoms with E-state index in [1.807, 2.05) is 23.5 Å². The molecular formula is C78H124O13S2Si3. The van der Waals surface area contributed by atoms with Crippen molar-refractivity contribution in [3.8, 4) is 0 Å². The molecule has 2 aromatic carbocycles. The van der Waals surface area contributed by atoms with E-state index in [0.29, 0.717) is 19.6 Å². The van der Waals surface area contributed by atoms with Crippen LogP contribution in [0.3, 0.4) is 0 Å². The maximum atomic E-state index is 7.70. The predicted molar refractivity (Wildman–Crippen MR) is 396 cm³/mol. The molecule has 0 aromatic heterocycles. The Balaban J connectivity index is 0.761. The van der Waals surface area contributed by atoms with Gasteiger partial charge in [-0.3, -0.25) is 0 Å². The van der Waals surface area contributed by atoms with Crippen molar-refractivity contribution in [1.29, 1.82) is 0 Å². The molecule has 96 heavy (non-hydrogen) atoms. The average molecular weight is 1420 g/mol. The molecule has 9 saturated heterocycles. The van der Waals surface area contributed by atoms with E-state index in [-0.39, 0.29) is 118 Å². The highest BCUT2D eigenvalue weighted by Gasteiger charge is 2.65. The van der Waals surface area contributed by atoms with E-state index in [9.17, 15) is 0 Å². The van der Waals surface area contributed by atoms with Crippen LogP contribution in [-0.2, 0) is 60.6 Å². The third-order valence-corrected chi connectivity index (χ3v) is 38.4. The highest BCUT2D eigenvalue weighted by Crippen LogP contribution is 2.58. The first-order chi connectivity index (χ1) is 45.1. The van der Waals surface area contributed by atoms with Crippen molar-refractivity contribution in [3.63, 3.8) is 0 Å². The zero-order valence-electron chi connectivity index (χ0n) is 62.5. The fourth-order valence-corrected chi connectivity index (χ4v) is 28.9. The standard InChI is InChI=1S/C78H124O13S2Si3/c1-21-92-78(93-22-2)49-61-58(45-66-77(15,86-61)67(90-95(19,20)71(5,6)7)44-53(81-66)31-30-41-80-96(72(8,9)10,54-32-25-23-26-33-54)55-34-27-24-28-35-55)83-62(78)36-29-39-73(11)68(89-94(16,17)18)50-76(14)65(87-73)47-64-74(12,91-76)40-37-56-69(85-64)52(4)43-57-60(82-56)48-75(13)63(84-57)46-59-70(88-75)51(3)38-42-79-59/h23-29,32-36,38,52-53,56-70H,21-22,30-31,37,39-50H2,1-20H3/b36-29-/t52-,53-,56+,57+,58+,59+,60-,61-,62-,63-,64+,65-,66-,67+,68-,69-,70-,73+,74-,75+,76+,77-/m1/s1. The lowest BCUT2D eigenvalue weighted by molar-refractivity contribution is -0.337. The maximum Gasteiger partial charge on any atom is 0.261 e. The molecule has 538 valence electrons. The highest BCUT2D eigenvalue weighted by molar-refractivity contribution is 8.18. The van der Waals surface area contributed by atoms with Gasteiger partial charge < -0.3 is 60.6 Å². The second-order valence-corrected chi connectivity index (χ2v) is 52.3. The number of thioether (sulfide) groups is 2. The molecule has 0 amide bonds. The Morgan fingerprint density at radius 3 is 1.92 bits per heavy atom. The summed E-state index contributed by atoms with van der Waals surface area (Å²) in [6, 6.07) is 22.0. The molecule has 2 aromatic rings. The molecule has 0 unspecified atom stereocenters. The third-order valence-electron chi connectivity index (χ3n) is 24.8. The SMILES string of the molecule is CCSC1(SCC)C[C@H]2O[C@@]3(C)[C@@H](O[Si](C)(C)C(C)(C)C)C[C@@H](CCCO[Si](c4ccccc4)(c4ccccc4)C(C)(C)C)O[C@@H]3C[C@@H]2O[C@@H]1/C=C\C[C@]1(C)O[C@@H]2C[C@@H]3O[C@@H]4[C@H](C)C[C@@H]5O[C@@H]6C[C@@H]7OCC=C(C)[C@H]7O[C@@]6(C)C[C@H]5O[C@H]4CC[C@@]3(C)O[C@@]2(C)C[C@H]1O[Si](C)(C)C. The summed E-state index contributed by atoms with van der Waals surface area (Å²) in [5.74, 6) is 2.13. The summed E-state index contributed by atoms with van der Waals surface area (Å²) in [5.41, 5.74) is -1.64. The van der Waals surface area contributed by atoms with Gasteiger partial charge in [-0.25, -0.2) is 0 Å². The van der Waals surface area contributed by atoms with Gasteiger partial charge in [-0.1, -0.05) is 141 Å². The van der Waals surface area contributed by atoms with Gasteiger partial charge in [0, 0.05) is 51.6 Å². The Bertz CT molecular complexity index is 2990. The summed E-state index contributed by atoms with van der Waals surface area (Å²) < 4.78 is 95.3. The first-order valence-electron chi connectivity index (χ1n) is 37.4. The van der Waals surface area contributed by atoms with Crippen molar-refractivity contribution in [3.05, 3.63) is 84.5 Å². The highest BCUT2D eigenvalue weighted by atomic mass is 32.2. The summed E-state index contributed by atoms with van der Waals surface area (Å²) in [4.78, 5) is 0. The summed E-state index contributed by atoms with van der Waals surface area (Å²) in [5, 5.41) is 2.53. The number of hydrogen-bond donors (Lipinski definition) is 0. The van der Waals surface area contributed by atoms with Crippen molar-refractivity contribution < 1.29 is 60.6 Å². The summed E-state index contributed by atoms with van der Waals surface area (Å²) in [6.45, 7) is 47.6. The van der Waals surface area contributed by atoms with E-state index >= 15 is 0 Å². The zero-order valence-corrected chi connectivity index (χ0v) is 67.1. The van der Waals surface area contributed by atoms with Gasteiger partial charge in [0.15, 0.2) is 16.6 Å². The number of fused-ring (bicyclic) bond motifs is 8. The Morgan fingerprint density at radius 1 is 0.615 bits per heavy atom. The molecule has 0 N–H and O–H groups in total. The summed E-state index contributed by atoms with van der Waals surface area (Å²) >= 11 is 4.04. The minimum Gasteiger partial charge on any atom is -0.412 e. The molecule has 18 heteroatoms. The van der Waals surface area contributed by atoms with Crippen molar-refractivity contribution in [2.24, 2.45) is 5.92 Å². The van der Waals surface area contributed by atoms with Crippen molar-refractivity contribution in [1.82, 2.24) is 0 Å². The summed E-state index contributed by atoms with van der Waals surface area (Å²) in [6.07, 6.45) is 15.5. The van der Waals surface area contributed by atoms with Gasteiger partial charge in [0.05, 0.1) is 125 Å². The third kappa shape index (κ3) is 14.5. The zero-order chi connectivity index (χ0) is 68.9. The Kier molecular flexibility index (Phi) is 21.7. The van der Waals surface area contributed by atoms with Gasteiger partial charge in [0.2, 0.25) is 0 Å². The second-order valence-electron chi connectivity index (χ2n) is 35.3. The molecule has 10 aliphatic heterocycles. The lowest BCUT2D eigenvalue weighted by atomic mass is 9.73. The largest absolute Gasteiger partial charge is 0.412 e. The molecule has 0 radical (unpaired) electrons. The number of rotatable bonds is 18. The van der Waals surface area contributed by atoms with Crippen LogP contribution in [0.5, 0.6) is 0 Å². The molecule has 0 bridgehead atoms. The van der Waals surface area contributed by atoms with Crippen LogP contribution < -0.4 is 10.4 Å². The molecule has 10 heterocycles. The van der Waals surface area contributed by atoms with E-state index in [1.54, 1.807) is 0 Å². The van der Waals surface area contributed by atoms with Crippen molar-refractivity contribution in [2.45, 2.75) is 360 Å². The molecule has 10 aliphatic rings. The van der Waals surface area contributed by atoms with E-state index in [4.69, 9.17) is 60.6 Å². The molecule has 12 rings (SSSR count). The molecule has 0 aliphatic carbocycles. The fraction of sp³-hybridized carbons (Fsp3) is 0.795. The van der Waals surface area contributed by atoms with Crippen LogP contribution in [0.25, 0.3) is 0 Å². The minimum absolute atomic E-state index is 0.0183. The number of hydrogen-bond acceptors (Lipinski definition) is 15. The van der Waals surface area contributed by atoms with Crippen molar-refractivity contribution >= 4 is 58.8 Å². The molecular weight excluding hydrogens is 1290 g/mol. The van der Waals surface area contributed by atoms with E-state index < -0.39 is 53.0 Å². The van der Waals surface area contributed by atoms with E-state index in [2.05, 4.69) is 215 Å². The number of ether oxygens (including phenoxy) is 10. The van der Waals surface area contributed by atoms with Gasteiger partial charge >= 0.3 is 0 Å². The van der Waals surface area contributed by atoms with Gasteiger partial charge in [-0.05, 0) is 156 Å². The van der Waals surface area contributed by atoms with Crippen LogP contribution in [0.15, 0.2) is 84.5 Å². The van der Waals surface area contributed by atoms with Crippen LogP contribution in [0.2, 0.25) is 42.8 Å². The first kappa shape index (κ1) is 74.5. The van der Waals surface area contributed by atoms with Crippen LogP contribution >= 0.6 is 23.5 Å². The topological polar surface area (TPSA) is 120 Å².